The highest BCUT2D eigenvalue weighted by Gasteiger charge is 2.13. The fraction of sp³-hybridized carbons (Fsp3) is 0.433. The van der Waals surface area contributed by atoms with Crippen LogP contribution in [0.15, 0.2) is 48.9 Å². The number of aromatic amines is 1. The molecule has 0 spiro atoms. The summed E-state index contributed by atoms with van der Waals surface area (Å²) in [5, 5.41) is 8.02. The van der Waals surface area contributed by atoms with Gasteiger partial charge >= 0.3 is 0 Å². The second kappa shape index (κ2) is 13.0. The van der Waals surface area contributed by atoms with Crippen LogP contribution in [-0.2, 0) is 19.4 Å². The molecule has 0 unspecified atom stereocenters. The van der Waals surface area contributed by atoms with Gasteiger partial charge in [-0.05, 0) is 66.6 Å². The molecular formula is C30H39N7S. The second-order valence-electron chi connectivity index (χ2n) is 10.1. The Balaban J connectivity index is 1.36. The fourth-order valence-electron chi connectivity index (χ4n) is 5.26. The van der Waals surface area contributed by atoms with Crippen molar-refractivity contribution < 1.29 is 0 Å². The number of aromatic nitrogens is 4. The average Bonchev–Trinajstić information content (AvgIpc) is 3.41. The number of nitrogens with zero attached hydrogens (tertiary/aromatic N) is 4. The van der Waals surface area contributed by atoms with Gasteiger partial charge in [0.05, 0.1) is 17.3 Å². The molecule has 1 aliphatic carbocycles. The van der Waals surface area contributed by atoms with Crippen molar-refractivity contribution in [1.82, 2.24) is 19.9 Å². The summed E-state index contributed by atoms with van der Waals surface area (Å²) < 4.78 is 2.12. The number of anilines is 4. The van der Waals surface area contributed by atoms with Gasteiger partial charge in [-0.3, -0.25) is 4.98 Å². The van der Waals surface area contributed by atoms with Gasteiger partial charge < -0.3 is 19.9 Å². The number of benzene rings is 1. The van der Waals surface area contributed by atoms with Crippen molar-refractivity contribution >= 4 is 46.1 Å². The van der Waals surface area contributed by atoms with Crippen molar-refractivity contribution in [2.45, 2.75) is 70.8 Å². The van der Waals surface area contributed by atoms with Crippen LogP contribution in [0.5, 0.6) is 0 Å². The van der Waals surface area contributed by atoms with Gasteiger partial charge in [-0.1, -0.05) is 56.5 Å². The summed E-state index contributed by atoms with van der Waals surface area (Å²) in [5.74, 6) is 1.39. The highest BCUT2D eigenvalue weighted by atomic mass is 32.2. The fourth-order valence-corrected chi connectivity index (χ4v) is 5.62. The number of H-pyrrole nitrogens is 1. The lowest BCUT2D eigenvalue weighted by atomic mass is 9.94. The zero-order chi connectivity index (χ0) is 26.2. The van der Waals surface area contributed by atoms with E-state index >= 15 is 0 Å². The standard InChI is InChI=1S/C30H39N7S/c1-37(38-2)27-21-31-17-15-24(27)20-33-29-26-16-18-32-28(26)35-30(36-29)34-25-14-13-22-11-9-7-5-3-4-6-8-10-12-23(22)19-25/h13-19,21H,3-12,20H2,1-2H3,(H3,32,33,34,35,36). The van der Waals surface area contributed by atoms with E-state index in [9.17, 15) is 0 Å². The van der Waals surface area contributed by atoms with Crippen molar-refractivity contribution in [3.05, 3.63) is 65.6 Å². The molecule has 3 heterocycles. The molecule has 0 aliphatic heterocycles. The van der Waals surface area contributed by atoms with E-state index < -0.39 is 0 Å². The maximum Gasteiger partial charge on any atom is 0.231 e. The van der Waals surface area contributed by atoms with Gasteiger partial charge in [-0.15, -0.1) is 0 Å². The Morgan fingerprint density at radius 3 is 2.47 bits per heavy atom. The van der Waals surface area contributed by atoms with Gasteiger partial charge in [-0.25, -0.2) is 0 Å². The van der Waals surface area contributed by atoms with Crippen LogP contribution >= 0.6 is 11.9 Å². The van der Waals surface area contributed by atoms with Gasteiger partial charge in [0.25, 0.3) is 0 Å². The van der Waals surface area contributed by atoms with Crippen LogP contribution in [0.4, 0.5) is 23.1 Å². The number of hydrogen-bond donors (Lipinski definition) is 3. The van der Waals surface area contributed by atoms with Crippen molar-refractivity contribution in [3.63, 3.8) is 0 Å². The molecule has 5 rings (SSSR count). The molecule has 0 saturated heterocycles. The molecule has 4 aromatic rings. The summed E-state index contributed by atoms with van der Waals surface area (Å²) in [5.41, 5.74) is 7.08. The zero-order valence-electron chi connectivity index (χ0n) is 22.6. The van der Waals surface area contributed by atoms with E-state index in [2.05, 4.69) is 62.5 Å². The SMILES string of the molecule is CSN(C)c1cnccc1CNc1nc(Nc2ccc3c(c2)CCCCCCCCCC3)nc2[nH]ccc12. The summed E-state index contributed by atoms with van der Waals surface area (Å²) >= 11 is 1.66. The summed E-state index contributed by atoms with van der Waals surface area (Å²) in [6.45, 7) is 0.637. The Bertz CT molecular complexity index is 1340. The third kappa shape index (κ3) is 6.59. The molecular weight excluding hydrogens is 490 g/mol. The first-order chi connectivity index (χ1) is 18.7. The van der Waals surface area contributed by atoms with Crippen LogP contribution < -0.4 is 14.9 Å². The molecule has 3 aromatic heterocycles. The Labute approximate surface area is 230 Å². The van der Waals surface area contributed by atoms with Crippen molar-refractivity contribution in [1.29, 1.82) is 0 Å². The third-order valence-electron chi connectivity index (χ3n) is 7.47. The van der Waals surface area contributed by atoms with Crippen molar-refractivity contribution in [2.75, 3.05) is 28.2 Å². The second-order valence-corrected chi connectivity index (χ2v) is 11.0. The van der Waals surface area contributed by atoms with Crippen LogP contribution in [0.1, 0.15) is 68.1 Å². The lowest BCUT2D eigenvalue weighted by molar-refractivity contribution is 0.560. The quantitative estimate of drug-likeness (QED) is 0.212. The summed E-state index contributed by atoms with van der Waals surface area (Å²) in [7, 11) is 2.05. The molecule has 0 amide bonds. The molecule has 1 aromatic carbocycles. The zero-order valence-corrected chi connectivity index (χ0v) is 23.4. The monoisotopic (exact) mass is 529 g/mol. The normalized spacial score (nSPS) is 14.8. The molecule has 8 heteroatoms. The summed E-state index contributed by atoms with van der Waals surface area (Å²) in [4.78, 5) is 17.2. The van der Waals surface area contributed by atoms with Crippen LogP contribution in [0.3, 0.4) is 0 Å². The number of hydrogen-bond acceptors (Lipinski definition) is 7. The minimum absolute atomic E-state index is 0.590. The third-order valence-corrected chi connectivity index (χ3v) is 8.21. The summed E-state index contributed by atoms with van der Waals surface area (Å²) in [6.07, 6.45) is 20.8. The van der Waals surface area contributed by atoms with Crippen LogP contribution in [0.2, 0.25) is 0 Å². The van der Waals surface area contributed by atoms with Crippen LogP contribution in [-0.4, -0.2) is 33.2 Å². The van der Waals surface area contributed by atoms with E-state index in [0.717, 1.165) is 40.2 Å². The molecule has 0 bridgehead atoms. The van der Waals surface area contributed by atoms with Gasteiger partial charge in [0.1, 0.15) is 11.5 Å². The highest BCUT2D eigenvalue weighted by molar-refractivity contribution is 7.99. The van der Waals surface area contributed by atoms with Gasteiger partial charge in [0.2, 0.25) is 5.95 Å². The molecule has 0 radical (unpaired) electrons. The summed E-state index contributed by atoms with van der Waals surface area (Å²) in [6, 6.07) is 10.9. The molecule has 0 atom stereocenters. The van der Waals surface area contributed by atoms with E-state index in [1.165, 1.54) is 68.9 Å². The number of pyridine rings is 1. The molecule has 200 valence electrons. The molecule has 0 saturated carbocycles. The first kappa shape index (κ1) is 26.4. The lowest BCUT2D eigenvalue weighted by Gasteiger charge is -2.19. The van der Waals surface area contributed by atoms with Gasteiger partial charge in [0, 0.05) is 37.9 Å². The molecule has 7 nitrogen and oxygen atoms in total. The largest absolute Gasteiger partial charge is 0.365 e. The first-order valence-electron chi connectivity index (χ1n) is 13.9. The molecule has 0 fully saturated rings. The number of nitrogens with one attached hydrogen (secondary N) is 3. The van der Waals surface area contributed by atoms with E-state index in [4.69, 9.17) is 9.97 Å². The average molecular weight is 530 g/mol. The highest BCUT2D eigenvalue weighted by Crippen LogP contribution is 2.28. The van der Waals surface area contributed by atoms with Crippen molar-refractivity contribution in [3.8, 4) is 0 Å². The molecule has 1 aliphatic rings. The predicted octanol–water partition coefficient (Wildman–Crippen LogP) is 7.64. The number of fused-ring (bicyclic) bond motifs is 2. The van der Waals surface area contributed by atoms with E-state index in [-0.39, 0.29) is 0 Å². The van der Waals surface area contributed by atoms with E-state index in [1.807, 2.05) is 24.7 Å². The minimum Gasteiger partial charge on any atom is -0.365 e. The van der Waals surface area contributed by atoms with Crippen LogP contribution in [0, 0.1) is 0 Å². The lowest BCUT2D eigenvalue weighted by Crippen LogP contribution is -2.12. The number of rotatable bonds is 7. The Morgan fingerprint density at radius 1 is 0.921 bits per heavy atom. The van der Waals surface area contributed by atoms with Gasteiger partial charge in [0.15, 0.2) is 0 Å². The van der Waals surface area contributed by atoms with Gasteiger partial charge in [-0.2, -0.15) is 9.97 Å². The van der Waals surface area contributed by atoms with Crippen molar-refractivity contribution in [2.24, 2.45) is 0 Å². The Morgan fingerprint density at radius 2 is 1.68 bits per heavy atom. The maximum absolute atomic E-state index is 4.89. The van der Waals surface area contributed by atoms with E-state index in [0.29, 0.717) is 12.5 Å². The predicted molar refractivity (Wildman–Crippen MR) is 161 cm³/mol. The Kier molecular flexibility index (Phi) is 9.02. The Hall–Kier alpha value is -3.26. The number of aryl methyl sites for hydroxylation is 2. The van der Waals surface area contributed by atoms with Crippen LogP contribution in [0.25, 0.3) is 11.0 Å². The first-order valence-corrected chi connectivity index (χ1v) is 15.1. The molecule has 38 heavy (non-hydrogen) atoms. The minimum atomic E-state index is 0.590. The van der Waals surface area contributed by atoms with E-state index in [1.54, 1.807) is 11.9 Å². The smallest absolute Gasteiger partial charge is 0.231 e. The molecule has 3 N–H and O–H groups in total. The maximum atomic E-state index is 4.89. The topological polar surface area (TPSA) is 81.8 Å².